The molecule has 4 heteroatoms. The first-order chi connectivity index (χ1) is 16.6. The molecule has 0 radical (unpaired) electrons. The second kappa shape index (κ2) is 9.04. The van der Waals surface area contributed by atoms with Crippen molar-refractivity contribution in [2.45, 2.75) is 50.5 Å². The molecule has 0 atom stereocenters. The van der Waals surface area contributed by atoms with E-state index < -0.39 is 0 Å². The first kappa shape index (κ1) is 22.2. The summed E-state index contributed by atoms with van der Waals surface area (Å²) in [5.41, 5.74) is 5.92. The van der Waals surface area contributed by atoms with Gasteiger partial charge in [-0.2, -0.15) is 0 Å². The van der Waals surface area contributed by atoms with Crippen molar-refractivity contribution < 1.29 is 14.9 Å². The quantitative estimate of drug-likeness (QED) is 0.654. The monoisotopic (exact) mass is 457 g/mol. The summed E-state index contributed by atoms with van der Waals surface area (Å²) in [6, 6.07) is 12.7. The zero-order valence-corrected chi connectivity index (χ0v) is 19.9. The smallest absolute Gasteiger partial charge is 0.119 e. The van der Waals surface area contributed by atoms with Gasteiger partial charge in [-0.05, 0) is 103 Å². The Balaban J connectivity index is 1.38. The second-order valence-corrected chi connectivity index (χ2v) is 11.2. The lowest BCUT2D eigenvalue weighted by Crippen LogP contribution is -2.48. The minimum Gasteiger partial charge on any atom is -0.508 e. The molecule has 7 rings (SSSR count). The van der Waals surface area contributed by atoms with Crippen LogP contribution < -0.4 is 0 Å². The van der Waals surface area contributed by atoms with Crippen molar-refractivity contribution in [1.29, 1.82) is 0 Å². The zero-order chi connectivity index (χ0) is 23.1. The number of phenolic OH excluding ortho intramolecular Hbond substituents is 1. The molecule has 2 aromatic carbocycles. The Bertz CT molecular complexity index is 1090. The molecule has 1 heterocycles. The highest BCUT2D eigenvalue weighted by atomic mass is 16.5. The predicted octanol–water partition coefficient (Wildman–Crippen LogP) is 4.70. The van der Waals surface area contributed by atoms with Gasteiger partial charge in [0.2, 0.25) is 0 Å². The van der Waals surface area contributed by atoms with Crippen LogP contribution in [0.15, 0.2) is 36.4 Å². The van der Waals surface area contributed by atoms with Gasteiger partial charge in [0.05, 0.1) is 13.2 Å². The number of hydrogen-bond acceptors (Lipinski definition) is 4. The molecule has 5 aliphatic rings. The largest absolute Gasteiger partial charge is 0.508 e. The van der Waals surface area contributed by atoms with E-state index >= 15 is 0 Å². The summed E-state index contributed by atoms with van der Waals surface area (Å²) in [6.45, 7) is 4.12. The molecule has 1 aliphatic heterocycles. The zero-order valence-electron chi connectivity index (χ0n) is 19.9. The molecule has 1 saturated heterocycles. The van der Waals surface area contributed by atoms with Gasteiger partial charge in [0.25, 0.3) is 0 Å². The van der Waals surface area contributed by atoms with Gasteiger partial charge in [0.1, 0.15) is 12.4 Å². The van der Waals surface area contributed by atoms with Crippen LogP contribution in [-0.4, -0.2) is 48.0 Å². The topological polar surface area (TPSA) is 52.9 Å². The average Bonchev–Trinajstić information content (AvgIpc) is 2.83. The van der Waals surface area contributed by atoms with E-state index in [1.54, 1.807) is 0 Å². The van der Waals surface area contributed by atoms with Gasteiger partial charge in [0.15, 0.2) is 0 Å². The van der Waals surface area contributed by atoms with Crippen LogP contribution in [0.5, 0.6) is 5.75 Å². The summed E-state index contributed by atoms with van der Waals surface area (Å²) in [5.74, 6) is 8.87. The van der Waals surface area contributed by atoms with Crippen molar-refractivity contribution in [2.75, 3.05) is 32.9 Å². The Morgan fingerprint density at radius 3 is 2.32 bits per heavy atom. The maximum absolute atomic E-state index is 11.0. The maximum Gasteiger partial charge on any atom is 0.119 e. The molecule has 2 aromatic rings. The van der Waals surface area contributed by atoms with Crippen molar-refractivity contribution in [3.8, 4) is 28.7 Å². The molecule has 0 amide bonds. The van der Waals surface area contributed by atoms with E-state index in [0.717, 1.165) is 56.2 Å². The summed E-state index contributed by atoms with van der Waals surface area (Å²) < 4.78 is 5.56. The Kier molecular flexibility index (Phi) is 5.89. The van der Waals surface area contributed by atoms with Gasteiger partial charge in [-0.15, -0.1) is 0 Å². The van der Waals surface area contributed by atoms with Gasteiger partial charge >= 0.3 is 0 Å². The fourth-order valence-corrected chi connectivity index (χ4v) is 7.79. The molecule has 4 nitrogen and oxygen atoms in total. The van der Waals surface area contributed by atoms with E-state index in [-0.39, 0.29) is 12.0 Å². The number of aromatic hydroxyl groups is 1. The standard InChI is InChI=1S/C30H35NO3/c32-9-1-2-21-3-5-27(26(15-21)20-31-7-10-34-11-8-31)25-4-6-29(33)28(16-25)30-17-22-12-23(18-30)14-24(13-22)19-30/h3-6,15-16,22-24,32-33H,7-14,17-20H2. The van der Waals surface area contributed by atoms with E-state index in [1.807, 2.05) is 6.07 Å². The van der Waals surface area contributed by atoms with Crippen LogP contribution in [0.2, 0.25) is 0 Å². The SMILES string of the molecule is OCC#Cc1ccc(-c2ccc(O)c(C34CC5CC(CC(C5)C3)C4)c2)c(CN2CCOCC2)c1. The van der Waals surface area contributed by atoms with E-state index in [0.29, 0.717) is 5.75 Å². The van der Waals surface area contributed by atoms with Gasteiger partial charge in [-0.25, -0.2) is 0 Å². The van der Waals surface area contributed by atoms with Crippen LogP contribution in [0.25, 0.3) is 11.1 Å². The van der Waals surface area contributed by atoms with Crippen molar-refractivity contribution >= 4 is 0 Å². The van der Waals surface area contributed by atoms with Gasteiger partial charge in [0, 0.05) is 30.8 Å². The van der Waals surface area contributed by atoms with Crippen LogP contribution in [0, 0.1) is 29.6 Å². The fraction of sp³-hybridized carbons (Fsp3) is 0.533. The molecule has 0 aromatic heterocycles. The van der Waals surface area contributed by atoms with Crippen LogP contribution in [-0.2, 0) is 16.7 Å². The minimum atomic E-state index is -0.132. The summed E-state index contributed by atoms with van der Waals surface area (Å²) in [6.07, 6.45) is 7.93. The van der Waals surface area contributed by atoms with Crippen molar-refractivity contribution in [3.05, 3.63) is 53.1 Å². The van der Waals surface area contributed by atoms with Gasteiger partial charge in [-0.3, -0.25) is 4.90 Å². The van der Waals surface area contributed by atoms with Crippen LogP contribution in [0.3, 0.4) is 0 Å². The molecule has 0 spiro atoms. The number of ether oxygens (including phenoxy) is 1. The van der Waals surface area contributed by atoms with E-state index in [4.69, 9.17) is 9.84 Å². The number of aliphatic hydroxyl groups is 1. The molecular formula is C30H35NO3. The molecule has 4 bridgehead atoms. The second-order valence-electron chi connectivity index (χ2n) is 11.2. The Labute approximate surface area is 202 Å². The first-order valence-corrected chi connectivity index (χ1v) is 13.0. The third-order valence-electron chi connectivity index (χ3n) is 8.83. The van der Waals surface area contributed by atoms with E-state index in [2.05, 4.69) is 47.1 Å². The molecular weight excluding hydrogens is 422 g/mol. The average molecular weight is 458 g/mol. The molecule has 4 aliphatic carbocycles. The normalized spacial score (nSPS) is 30.2. The van der Waals surface area contributed by atoms with Crippen molar-refractivity contribution in [3.63, 3.8) is 0 Å². The van der Waals surface area contributed by atoms with Crippen LogP contribution in [0.1, 0.15) is 55.2 Å². The number of nitrogens with zero attached hydrogens (tertiary/aromatic N) is 1. The number of rotatable bonds is 4. The number of morpholine rings is 1. The highest BCUT2D eigenvalue weighted by Gasteiger charge is 2.52. The summed E-state index contributed by atoms with van der Waals surface area (Å²) in [7, 11) is 0. The minimum absolute atomic E-state index is 0.132. The number of aliphatic hydroxyl groups excluding tert-OH is 1. The Morgan fingerprint density at radius 2 is 1.65 bits per heavy atom. The van der Waals surface area contributed by atoms with Gasteiger partial charge < -0.3 is 14.9 Å². The highest BCUT2D eigenvalue weighted by molar-refractivity contribution is 5.71. The lowest BCUT2D eigenvalue weighted by Gasteiger charge is -2.57. The van der Waals surface area contributed by atoms with Crippen LogP contribution >= 0.6 is 0 Å². The predicted molar refractivity (Wildman–Crippen MR) is 133 cm³/mol. The number of phenols is 1. The molecule has 178 valence electrons. The lowest BCUT2D eigenvalue weighted by atomic mass is 9.48. The van der Waals surface area contributed by atoms with E-state index in [9.17, 15) is 5.11 Å². The lowest BCUT2D eigenvalue weighted by molar-refractivity contribution is -0.00611. The first-order valence-electron chi connectivity index (χ1n) is 13.0. The third kappa shape index (κ3) is 4.15. The summed E-state index contributed by atoms with van der Waals surface area (Å²) in [5, 5.41) is 20.2. The number of benzene rings is 2. The molecule has 34 heavy (non-hydrogen) atoms. The van der Waals surface area contributed by atoms with Crippen molar-refractivity contribution in [2.24, 2.45) is 17.8 Å². The molecule has 2 N–H and O–H groups in total. The van der Waals surface area contributed by atoms with Crippen molar-refractivity contribution in [1.82, 2.24) is 4.90 Å². The van der Waals surface area contributed by atoms with Gasteiger partial charge in [-0.1, -0.05) is 24.0 Å². The third-order valence-corrected chi connectivity index (χ3v) is 8.83. The Morgan fingerprint density at radius 1 is 0.941 bits per heavy atom. The fourth-order valence-electron chi connectivity index (χ4n) is 7.79. The molecule has 4 saturated carbocycles. The molecule has 0 unspecified atom stereocenters. The van der Waals surface area contributed by atoms with E-state index in [1.165, 1.54) is 60.8 Å². The molecule has 5 fully saturated rings. The summed E-state index contributed by atoms with van der Waals surface area (Å²) >= 11 is 0. The summed E-state index contributed by atoms with van der Waals surface area (Å²) in [4.78, 5) is 2.44. The number of hydrogen-bond donors (Lipinski definition) is 2. The maximum atomic E-state index is 11.0. The Hall–Kier alpha value is -2.32. The van der Waals surface area contributed by atoms with Crippen LogP contribution in [0.4, 0.5) is 0 Å². The highest BCUT2D eigenvalue weighted by Crippen LogP contribution is 2.62.